The second-order valence-electron chi connectivity index (χ2n) is 2.93. The number of hydrogen-bond acceptors (Lipinski definition) is 5. The molecule has 0 aromatic carbocycles. The van der Waals surface area contributed by atoms with Crippen LogP contribution < -0.4 is 5.73 Å². The Balaban J connectivity index is 2.57. The van der Waals surface area contributed by atoms with Gasteiger partial charge in [-0.05, 0) is 12.1 Å². The Morgan fingerprint density at radius 1 is 1.29 bits per heavy atom. The average molecular weight is 186 g/mol. The summed E-state index contributed by atoms with van der Waals surface area (Å²) < 4.78 is 5.42. The molecule has 0 spiro atoms. The van der Waals surface area contributed by atoms with Gasteiger partial charge in [0.15, 0.2) is 5.58 Å². The van der Waals surface area contributed by atoms with Gasteiger partial charge in [0.25, 0.3) is 0 Å². The molecule has 3 heterocycles. The van der Waals surface area contributed by atoms with Gasteiger partial charge in [0.1, 0.15) is 17.7 Å². The van der Waals surface area contributed by atoms with Crippen LogP contribution in [0.5, 0.6) is 0 Å². The molecule has 0 unspecified atom stereocenters. The lowest BCUT2D eigenvalue weighted by atomic mass is 10.3. The number of aromatic nitrogens is 3. The van der Waals surface area contributed by atoms with Gasteiger partial charge < -0.3 is 10.2 Å². The van der Waals surface area contributed by atoms with E-state index in [-0.39, 0.29) is 0 Å². The van der Waals surface area contributed by atoms with Crippen LogP contribution in [0.4, 0.5) is 5.82 Å². The van der Waals surface area contributed by atoms with Gasteiger partial charge >= 0.3 is 0 Å². The van der Waals surface area contributed by atoms with Crippen LogP contribution in [-0.4, -0.2) is 15.0 Å². The van der Waals surface area contributed by atoms with Crippen LogP contribution in [0, 0.1) is 0 Å². The molecule has 0 bridgehead atoms. The summed E-state index contributed by atoms with van der Waals surface area (Å²) in [6.07, 6.45) is 3.09. The Hall–Kier alpha value is -2.17. The van der Waals surface area contributed by atoms with Crippen molar-refractivity contribution < 1.29 is 4.42 Å². The van der Waals surface area contributed by atoms with Crippen LogP contribution in [0.3, 0.4) is 0 Å². The summed E-state index contributed by atoms with van der Waals surface area (Å²) in [5, 5.41) is 0.858. The van der Waals surface area contributed by atoms with E-state index in [1.165, 1.54) is 6.33 Å². The predicted octanol–water partition coefficient (Wildman–Crippen LogP) is 1.35. The SMILES string of the molecule is Nc1ccc2c(n1)oc1cncnc12. The molecule has 0 atom stereocenters. The van der Waals surface area contributed by atoms with E-state index in [2.05, 4.69) is 15.0 Å². The van der Waals surface area contributed by atoms with E-state index in [1.807, 2.05) is 6.07 Å². The van der Waals surface area contributed by atoms with Crippen LogP contribution in [0.25, 0.3) is 22.2 Å². The van der Waals surface area contributed by atoms with E-state index in [4.69, 9.17) is 10.2 Å². The maximum atomic E-state index is 5.54. The molecule has 0 saturated heterocycles. The fraction of sp³-hybridized carbons (Fsp3) is 0. The first kappa shape index (κ1) is 7.25. The van der Waals surface area contributed by atoms with E-state index in [9.17, 15) is 0 Å². The quantitative estimate of drug-likeness (QED) is 0.573. The summed E-state index contributed by atoms with van der Waals surface area (Å²) in [5.41, 5.74) is 7.43. The van der Waals surface area contributed by atoms with Crippen LogP contribution in [0.15, 0.2) is 29.1 Å². The number of anilines is 1. The summed E-state index contributed by atoms with van der Waals surface area (Å²) in [4.78, 5) is 12.0. The molecule has 5 heteroatoms. The van der Waals surface area contributed by atoms with Crippen LogP contribution >= 0.6 is 0 Å². The molecule has 0 amide bonds. The molecule has 0 aliphatic rings. The molecule has 3 rings (SSSR count). The zero-order valence-corrected chi connectivity index (χ0v) is 7.14. The Morgan fingerprint density at radius 2 is 2.21 bits per heavy atom. The number of rotatable bonds is 0. The molecule has 0 aliphatic heterocycles. The van der Waals surface area contributed by atoms with Crippen molar-refractivity contribution in [3.8, 4) is 0 Å². The molecule has 3 aromatic heterocycles. The van der Waals surface area contributed by atoms with Crippen molar-refractivity contribution in [3.63, 3.8) is 0 Å². The summed E-state index contributed by atoms with van der Waals surface area (Å²) in [5.74, 6) is 0.435. The first-order chi connectivity index (χ1) is 6.84. The smallest absolute Gasteiger partial charge is 0.230 e. The zero-order chi connectivity index (χ0) is 9.54. The highest BCUT2D eigenvalue weighted by Gasteiger charge is 2.08. The number of furan rings is 1. The molecule has 68 valence electrons. The monoisotopic (exact) mass is 186 g/mol. The summed E-state index contributed by atoms with van der Waals surface area (Å²) in [6.45, 7) is 0. The molecule has 3 aromatic rings. The van der Waals surface area contributed by atoms with E-state index < -0.39 is 0 Å². The molecule has 5 nitrogen and oxygen atoms in total. The van der Waals surface area contributed by atoms with Crippen molar-refractivity contribution in [2.75, 3.05) is 5.73 Å². The van der Waals surface area contributed by atoms with Crippen molar-refractivity contribution in [3.05, 3.63) is 24.7 Å². The Bertz CT molecular complexity index is 616. The second kappa shape index (κ2) is 2.41. The minimum Gasteiger partial charge on any atom is -0.434 e. The predicted molar refractivity (Wildman–Crippen MR) is 51.5 cm³/mol. The highest BCUT2D eigenvalue weighted by molar-refractivity contribution is 6.00. The third-order valence-corrected chi connectivity index (χ3v) is 2.02. The average Bonchev–Trinajstić information content (AvgIpc) is 2.54. The van der Waals surface area contributed by atoms with Gasteiger partial charge in [-0.25, -0.2) is 9.97 Å². The number of fused-ring (bicyclic) bond motifs is 3. The van der Waals surface area contributed by atoms with Gasteiger partial charge in [0.2, 0.25) is 5.71 Å². The highest BCUT2D eigenvalue weighted by atomic mass is 16.3. The largest absolute Gasteiger partial charge is 0.434 e. The number of hydrogen-bond donors (Lipinski definition) is 1. The maximum absolute atomic E-state index is 5.54. The van der Waals surface area contributed by atoms with Gasteiger partial charge in [-0.15, -0.1) is 0 Å². The minimum absolute atomic E-state index is 0.435. The molecule has 2 N–H and O–H groups in total. The number of nitrogens with zero attached hydrogens (tertiary/aromatic N) is 3. The lowest BCUT2D eigenvalue weighted by Crippen LogP contribution is -1.87. The fourth-order valence-electron chi connectivity index (χ4n) is 1.41. The van der Waals surface area contributed by atoms with Crippen molar-refractivity contribution in [1.82, 2.24) is 15.0 Å². The van der Waals surface area contributed by atoms with Gasteiger partial charge in [-0.2, -0.15) is 4.98 Å². The lowest BCUT2D eigenvalue weighted by Gasteiger charge is -1.89. The van der Waals surface area contributed by atoms with Crippen molar-refractivity contribution >= 4 is 28.0 Å². The molecular weight excluding hydrogens is 180 g/mol. The molecule has 0 radical (unpaired) electrons. The highest BCUT2D eigenvalue weighted by Crippen LogP contribution is 2.24. The third kappa shape index (κ3) is 0.861. The number of pyridine rings is 1. The molecule has 0 fully saturated rings. The second-order valence-corrected chi connectivity index (χ2v) is 2.93. The van der Waals surface area contributed by atoms with E-state index in [0.29, 0.717) is 17.1 Å². The standard InChI is InChI=1S/C9H6N4O/c10-7-2-1-5-8-6(3-11-4-12-8)14-9(5)13-7/h1-4H,(H2,10,13). The summed E-state index contributed by atoms with van der Waals surface area (Å²) in [7, 11) is 0. The van der Waals surface area contributed by atoms with E-state index in [1.54, 1.807) is 12.3 Å². The topological polar surface area (TPSA) is 77.8 Å². The fourth-order valence-corrected chi connectivity index (χ4v) is 1.41. The summed E-state index contributed by atoms with van der Waals surface area (Å²) in [6, 6.07) is 3.57. The molecule has 0 aliphatic carbocycles. The number of nitrogen functional groups attached to an aromatic ring is 1. The normalized spacial score (nSPS) is 11.1. The molecule has 14 heavy (non-hydrogen) atoms. The molecule has 0 saturated carbocycles. The van der Waals surface area contributed by atoms with E-state index in [0.717, 1.165) is 10.9 Å². The van der Waals surface area contributed by atoms with Crippen LogP contribution in [0.2, 0.25) is 0 Å². The zero-order valence-electron chi connectivity index (χ0n) is 7.14. The third-order valence-electron chi connectivity index (χ3n) is 2.02. The van der Waals surface area contributed by atoms with Gasteiger partial charge in [-0.1, -0.05) is 0 Å². The Kier molecular flexibility index (Phi) is 1.25. The molecular formula is C9H6N4O. The first-order valence-electron chi connectivity index (χ1n) is 4.09. The van der Waals surface area contributed by atoms with Crippen LogP contribution in [-0.2, 0) is 0 Å². The Morgan fingerprint density at radius 3 is 3.14 bits per heavy atom. The first-order valence-corrected chi connectivity index (χ1v) is 4.09. The minimum atomic E-state index is 0.435. The van der Waals surface area contributed by atoms with Gasteiger partial charge in [0.05, 0.1) is 11.6 Å². The van der Waals surface area contributed by atoms with Crippen molar-refractivity contribution in [2.24, 2.45) is 0 Å². The van der Waals surface area contributed by atoms with E-state index >= 15 is 0 Å². The Labute approximate surface area is 78.6 Å². The summed E-state index contributed by atoms with van der Waals surface area (Å²) >= 11 is 0. The van der Waals surface area contributed by atoms with Crippen molar-refractivity contribution in [2.45, 2.75) is 0 Å². The van der Waals surface area contributed by atoms with Crippen molar-refractivity contribution in [1.29, 1.82) is 0 Å². The van der Waals surface area contributed by atoms with Crippen LogP contribution in [0.1, 0.15) is 0 Å². The van der Waals surface area contributed by atoms with Gasteiger partial charge in [-0.3, -0.25) is 0 Å². The van der Waals surface area contributed by atoms with Gasteiger partial charge in [0, 0.05) is 0 Å². The maximum Gasteiger partial charge on any atom is 0.230 e. The lowest BCUT2D eigenvalue weighted by molar-refractivity contribution is 0.652. The number of nitrogens with two attached hydrogens (primary N) is 1.